The van der Waals surface area contributed by atoms with E-state index in [1.54, 1.807) is 12.2 Å². The van der Waals surface area contributed by atoms with Gasteiger partial charge in [-0.25, -0.2) is 0 Å². The van der Waals surface area contributed by atoms with Gasteiger partial charge in [0.25, 0.3) is 0 Å². The van der Waals surface area contributed by atoms with Crippen molar-refractivity contribution in [3.8, 4) is 0 Å². The van der Waals surface area contributed by atoms with Gasteiger partial charge in [-0.15, -0.1) is 0 Å². The van der Waals surface area contributed by atoms with Crippen molar-refractivity contribution < 1.29 is 14.4 Å². The average molecular weight is 188 g/mol. The van der Waals surface area contributed by atoms with E-state index in [0.717, 1.165) is 0 Å². The third-order valence-corrected chi connectivity index (χ3v) is 2.46. The number of nitrogens with zero attached hydrogens (tertiary/aromatic N) is 1. The third kappa shape index (κ3) is 2.18. The summed E-state index contributed by atoms with van der Waals surface area (Å²) in [4.78, 5) is 16.3. The van der Waals surface area contributed by atoms with Crippen LogP contribution in [-0.4, -0.2) is 43.9 Å². The highest BCUT2D eigenvalue weighted by Crippen LogP contribution is 2.20. The fourth-order valence-electron chi connectivity index (χ4n) is 1.48. The number of nitrogens with two attached hydrogens (primary N) is 1. The van der Waals surface area contributed by atoms with E-state index in [1.165, 1.54) is 7.11 Å². The average Bonchev–Trinajstić information content (AvgIpc) is 2.18. The van der Waals surface area contributed by atoms with Gasteiger partial charge in [-0.3, -0.25) is 4.79 Å². The Kier molecular flexibility index (Phi) is 3.24. The first kappa shape index (κ1) is 10.4. The minimum atomic E-state index is -0.816. The second-order valence-electron chi connectivity index (χ2n) is 3.26. The number of methoxy groups -OCH3 is 1. The molecule has 1 heterocycles. The molecule has 0 bridgehead atoms. The molecule has 13 heavy (non-hydrogen) atoms. The van der Waals surface area contributed by atoms with Gasteiger partial charge in [0.1, 0.15) is 5.54 Å². The number of carbonyl (C=O) groups is 1. The highest BCUT2D eigenvalue weighted by Gasteiger charge is 2.38. The molecule has 1 saturated heterocycles. The highest BCUT2D eigenvalue weighted by atomic mass is 16.7. The Morgan fingerprint density at radius 1 is 1.38 bits per heavy atom. The van der Waals surface area contributed by atoms with Crippen LogP contribution < -0.4 is 5.73 Å². The van der Waals surface area contributed by atoms with Gasteiger partial charge in [0, 0.05) is 13.1 Å². The maximum atomic E-state index is 11.3. The molecule has 2 N–H and O–H groups in total. The Morgan fingerprint density at radius 2 is 1.92 bits per heavy atom. The number of hydrogen-bond donors (Lipinski definition) is 1. The molecule has 76 valence electrons. The minimum absolute atomic E-state index is 0.330. The van der Waals surface area contributed by atoms with Crippen molar-refractivity contribution in [2.75, 3.05) is 27.3 Å². The Balaban J connectivity index is 2.51. The number of rotatable bonds is 2. The second kappa shape index (κ2) is 4.04. The molecular formula is C8H16N2O3. The first-order valence-corrected chi connectivity index (χ1v) is 4.29. The molecule has 0 aromatic carbocycles. The zero-order valence-electron chi connectivity index (χ0n) is 8.08. The van der Waals surface area contributed by atoms with Crippen LogP contribution in [-0.2, 0) is 14.4 Å². The fraction of sp³-hybridized carbons (Fsp3) is 0.875. The van der Waals surface area contributed by atoms with Crippen molar-refractivity contribution in [2.24, 2.45) is 5.73 Å². The van der Waals surface area contributed by atoms with E-state index < -0.39 is 5.54 Å². The Hall–Kier alpha value is -0.650. The molecular weight excluding hydrogens is 172 g/mol. The zero-order chi connectivity index (χ0) is 9.90. The minimum Gasteiger partial charge on any atom is -0.468 e. The molecule has 1 fully saturated rings. The van der Waals surface area contributed by atoms with Gasteiger partial charge in [-0.2, -0.15) is 5.06 Å². The predicted octanol–water partition coefficient (Wildman–Crippen LogP) is -0.486. The second-order valence-corrected chi connectivity index (χ2v) is 3.26. The van der Waals surface area contributed by atoms with Crippen molar-refractivity contribution in [3.63, 3.8) is 0 Å². The van der Waals surface area contributed by atoms with Gasteiger partial charge in [0.15, 0.2) is 0 Å². The molecule has 5 nitrogen and oxygen atoms in total. The standard InChI is InChI=1S/C8H16N2O3/c1-12-7(11)8(9)3-5-10(13-2)6-4-8/h3-6,9H2,1-2H3. The van der Waals surface area contributed by atoms with Crippen molar-refractivity contribution in [2.45, 2.75) is 18.4 Å². The quantitative estimate of drug-likeness (QED) is 0.593. The highest BCUT2D eigenvalue weighted by molar-refractivity contribution is 5.80. The number of ether oxygens (including phenoxy) is 1. The number of hydrogen-bond acceptors (Lipinski definition) is 5. The van der Waals surface area contributed by atoms with Gasteiger partial charge in [0.2, 0.25) is 0 Å². The summed E-state index contributed by atoms with van der Waals surface area (Å²) in [6, 6.07) is 0. The number of hydroxylamine groups is 2. The van der Waals surface area contributed by atoms with E-state index >= 15 is 0 Å². The molecule has 0 amide bonds. The molecule has 1 rings (SSSR count). The number of piperidine rings is 1. The molecule has 0 aromatic rings. The first-order valence-electron chi connectivity index (χ1n) is 4.29. The van der Waals surface area contributed by atoms with Crippen molar-refractivity contribution in [1.82, 2.24) is 5.06 Å². The summed E-state index contributed by atoms with van der Waals surface area (Å²) >= 11 is 0. The smallest absolute Gasteiger partial charge is 0.325 e. The van der Waals surface area contributed by atoms with Crippen LogP contribution in [0.15, 0.2) is 0 Å². The van der Waals surface area contributed by atoms with E-state index in [4.69, 9.17) is 10.6 Å². The van der Waals surface area contributed by atoms with E-state index in [0.29, 0.717) is 25.9 Å². The lowest BCUT2D eigenvalue weighted by Gasteiger charge is -2.35. The van der Waals surface area contributed by atoms with Gasteiger partial charge < -0.3 is 15.3 Å². The number of esters is 1. The first-order chi connectivity index (χ1) is 6.12. The van der Waals surface area contributed by atoms with Gasteiger partial charge in [0.05, 0.1) is 14.2 Å². The summed E-state index contributed by atoms with van der Waals surface area (Å²) in [5, 5.41) is 1.79. The van der Waals surface area contributed by atoms with Crippen LogP contribution in [0, 0.1) is 0 Å². The van der Waals surface area contributed by atoms with Crippen molar-refractivity contribution in [1.29, 1.82) is 0 Å². The zero-order valence-corrected chi connectivity index (χ0v) is 8.08. The predicted molar refractivity (Wildman–Crippen MR) is 46.8 cm³/mol. The SMILES string of the molecule is COC(=O)C1(N)CCN(OC)CC1. The van der Waals surface area contributed by atoms with Crippen molar-refractivity contribution >= 4 is 5.97 Å². The molecule has 0 saturated carbocycles. The van der Waals surface area contributed by atoms with Crippen LogP contribution in [0.25, 0.3) is 0 Å². The number of carbonyl (C=O) groups excluding carboxylic acids is 1. The Bertz CT molecular complexity index is 188. The Morgan fingerprint density at radius 3 is 2.31 bits per heavy atom. The summed E-state index contributed by atoms with van der Waals surface area (Å²) in [5.74, 6) is -0.330. The summed E-state index contributed by atoms with van der Waals surface area (Å²) in [6.07, 6.45) is 1.15. The van der Waals surface area contributed by atoms with Gasteiger partial charge >= 0.3 is 5.97 Å². The lowest BCUT2D eigenvalue weighted by Crippen LogP contribution is -2.55. The topological polar surface area (TPSA) is 64.8 Å². The monoisotopic (exact) mass is 188 g/mol. The molecule has 0 aromatic heterocycles. The van der Waals surface area contributed by atoms with Crippen LogP contribution in [0.4, 0.5) is 0 Å². The summed E-state index contributed by atoms with van der Waals surface area (Å²) in [6.45, 7) is 1.34. The molecule has 1 aliphatic rings. The van der Waals surface area contributed by atoms with Crippen LogP contribution in [0.3, 0.4) is 0 Å². The molecule has 0 spiro atoms. The maximum absolute atomic E-state index is 11.3. The maximum Gasteiger partial charge on any atom is 0.325 e. The fourth-order valence-corrected chi connectivity index (χ4v) is 1.48. The Labute approximate surface area is 77.7 Å². The van der Waals surface area contributed by atoms with E-state index in [2.05, 4.69) is 4.74 Å². The van der Waals surface area contributed by atoms with Crippen LogP contribution >= 0.6 is 0 Å². The van der Waals surface area contributed by atoms with Gasteiger partial charge in [-0.05, 0) is 12.8 Å². The molecule has 5 heteroatoms. The molecule has 1 aliphatic heterocycles. The molecule has 0 radical (unpaired) electrons. The largest absolute Gasteiger partial charge is 0.468 e. The molecule has 0 unspecified atom stereocenters. The molecule has 0 aliphatic carbocycles. The van der Waals surface area contributed by atoms with Crippen LogP contribution in [0.5, 0.6) is 0 Å². The van der Waals surface area contributed by atoms with E-state index in [1.807, 2.05) is 0 Å². The summed E-state index contributed by atoms with van der Waals surface area (Å²) in [7, 11) is 2.97. The third-order valence-electron chi connectivity index (χ3n) is 2.46. The normalized spacial score (nSPS) is 22.7. The van der Waals surface area contributed by atoms with Gasteiger partial charge in [-0.1, -0.05) is 0 Å². The summed E-state index contributed by atoms with van der Waals surface area (Å²) in [5.41, 5.74) is 5.06. The lowest BCUT2D eigenvalue weighted by atomic mass is 9.89. The van der Waals surface area contributed by atoms with Crippen molar-refractivity contribution in [3.05, 3.63) is 0 Å². The van der Waals surface area contributed by atoms with Crippen LogP contribution in [0.2, 0.25) is 0 Å². The van der Waals surface area contributed by atoms with Crippen LogP contribution in [0.1, 0.15) is 12.8 Å². The molecule has 0 atom stereocenters. The lowest BCUT2D eigenvalue weighted by molar-refractivity contribution is -0.167. The van der Waals surface area contributed by atoms with E-state index in [-0.39, 0.29) is 5.97 Å². The summed E-state index contributed by atoms with van der Waals surface area (Å²) < 4.78 is 4.64. The van der Waals surface area contributed by atoms with E-state index in [9.17, 15) is 4.79 Å².